The van der Waals surface area contributed by atoms with Gasteiger partial charge in [-0.3, -0.25) is 10.00 Å². The lowest BCUT2D eigenvalue weighted by molar-refractivity contribution is 0.420. The molecule has 0 amide bonds. The molecule has 3 rings (SSSR count). The highest BCUT2D eigenvalue weighted by Crippen LogP contribution is 2.25. The second-order valence-electron chi connectivity index (χ2n) is 4.37. The molecule has 0 radical (unpaired) electrons. The number of phenols is 1. The molecule has 2 N–H and O–H groups in total. The summed E-state index contributed by atoms with van der Waals surface area (Å²) in [6.45, 7) is 1.03. The number of rotatable bonds is 3. The van der Waals surface area contributed by atoms with Gasteiger partial charge in [-0.05, 0) is 31.5 Å². The lowest BCUT2D eigenvalue weighted by Gasteiger charge is -2.09. The quantitative estimate of drug-likeness (QED) is 0.870. The van der Waals surface area contributed by atoms with Crippen molar-refractivity contribution in [2.75, 3.05) is 6.54 Å². The van der Waals surface area contributed by atoms with Crippen molar-refractivity contribution in [2.45, 2.75) is 19.0 Å². The summed E-state index contributed by atoms with van der Waals surface area (Å²) >= 11 is 0. The Morgan fingerprint density at radius 1 is 1.39 bits per heavy atom. The Kier molecular flexibility index (Phi) is 2.90. The zero-order valence-electron chi connectivity index (χ0n) is 9.91. The van der Waals surface area contributed by atoms with Crippen molar-refractivity contribution in [2.24, 2.45) is 0 Å². The molecular formula is C13H15N3O2. The maximum absolute atomic E-state index is 9.36. The Hall–Kier alpha value is -2.01. The van der Waals surface area contributed by atoms with E-state index in [0.717, 1.165) is 13.0 Å². The Bertz CT molecular complexity index is 533. The molecule has 5 heteroatoms. The van der Waals surface area contributed by atoms with Crippen LogP contribution in [0.4, 0.5) is 0 Å². The highest BCUT2D eigenvalue weighted by atomic mass is 16.5. The molecular weight excluding hydrogens is 230 g/mol. The summed E-state index contributed by atoms with van der Waals surface area (Å²) in [5, 5.41) is 17.0. The minimum absolute atomic E-state index is 0.192. The first-order chi connectivity index (χ1) is 8.81. The smallest absolute Gasteiger partial charge is 0.165 e. The van der Waals surface area contributed by atoms with E-state index < -0.39 is 0 Å². The molecule has 1 aromatic carbocycles. The first-order valence-electron chi connectivity index (χ1n) is 6.06. The van der Waals surface area contributed by atoms with Crippen LogP contribution >= 0.6 is 0 Å². The SMILES string of the molecule is Oc1cccc(Oc2cnn(C3CCCN3)c2)c1. The molecule has 1 atom stereocenters. The Morgan fingerprint density at radius 3 is 3.11 bits per heavy atom. The summed E-state index contributed by atoms with van der Waals surface area (Å²) in [6, 6.07) is 6.72. The monoisotopic (exact) mass is 245 g/mol. The Balaban J connectivity index is 1.73. The molecule has 1 fully saturated rings. The summed E-state index contributed by atoms with van der Waals surface area (Å²) in [4.78, 5) is 0. The lowest BCUT2D eigenvalue weighted by Crippen LogP contribution is -2.19. The first-order valence-corrected chi connectivity index (χ1v) is 6.06. The lowest BCUT2D eigenvalue weighted by atomic mass is 10.3. The van der Waals surface area contributed by atoms with Crippen LogP contribution in [0.25, 0.3) is 0 Å². The molecule has 94 valence electrons. The average Bonchev–Trinajstić information content (AvgIpc) is 2.98. The molecule has 18 heavy (non-hydrogen) atoms. The van der Waals surface area contributed by atoms with Crippen molar-refractivity contribution in [1.82, 2.24) is 15.1 Å². The van der Waals surface area contributed by atoms with Crippen LogP contribution in [0.15, 0.2) is 36.7 Å². The minimum Gasteiger partial charge on any atom is -0.508 e. The van der Waals surface area contributed by atoms with E-state index in [2.05, 4.69) is 10.4 Å². The van der Waals surface area contributed by atoms with Crippen molar-refractivity contribution in [3.63, 3.8) is 0 Å². The number of hydrogen-bond donors (Lipinski definition) is 2. The van der Waals surface area contributed by atoms with E-state index in [9.17, 15) is 5.11 Å². The van der Waals surface area contributed by atoms with Gasteiger partial charge in [-0.2, -0.15) is 5.10 Å². The van der Waals surface area contributed by atoms with Gasteiger partial charge in [-0.25, -0.2) is 0 Å². The topological polar surface area (TPSA) is 59.3 Å². The first kappa shape index (κ1) is 11.1. The predicted octanol–water partition coefficient (Wildman–Crippen LogP) is 2.26. The second kappa shape index (κ2) is 4.70. The van der Waals surface area contributed by atoms with Crippen LogP contribution in [0.1, 0.15) is 19.0 Å². The molecule has 1 saturated heterocycles. The van der Waals surface area contributed by atoms with Crippen LogP contribution < -0.4 is 10.1 Å². The number of aromatic nitrogens is 2. The van der Waals surface area contributed by atoms with Crippen LogP contribution in [-0.2, 0) is 0 Å². The van der Waals surface area contributed by atoms with Crippen molar-refractivity contribution in [3.05, 3.63) is 36.7 Å². The molecule has 5 nitrogen and oxygen atoms in total. The van der Waals surface area contributed by atoms with Gasteiger partial charge in [0.25, 0.3) is 0 Å². The highest BCUT2D eigenvalue weighted by molar-refractivity contribution is 5.34. The maximum atomic E-state index is 9.36. The molecule has 2 aromatic rings. The van der Waals surface area contributed by atoms with Gasteiger partial charge in [0.2, 0.25) is 0 Å². The fraction of sp³-hybridized carbons (Fsp3) is 0.308. The van der Waals surface area contributed by atoms with E-state index in [1.165, 1.54) is 6.42 Å². The standard InChI is InChI=1S/C13H15N3O2/c17-10-3-1-4-11(7-10)18-12-8-15-16(9-12)13-5-2-6-14-13/h1,3-4,7-9,13-14,17H,2,5-6H2. The summed E-state index contributed by atoms with van der Waals surface area (Å²) < 4.78 is 7.51. The van der Waals surface area contributed by atoms with Gasteiger partial charge >= 0.3 is 0 Å². The Labute approximate surface area is 105 Å². The van der Waals surface area contributed by atoms with Gasteiger partial charge in [0, 0.05) is 6.07 Å². The van der Waals surface area contributed by atoms with Gasteiger partial charge in [0.15, 0.2) is 5.75 Å². The van der Waals surface area contributed by atoms with Crippen LogP contribution in [0, 0.1) is 0 Å². The zero-order chi connectivity index (χ0) is 12.4. The zero-order valence-corrected chi connectivity index (χ0v) is 9.91. The maximum Gasteiger partial charge on any atom is 0.165 e. The van der Waals surface area contributed by atoms with Crippen LogP contribution in [0.3, 0.4) is 0 Å². The third-order valence-electron chi connectivity index (χ3n) is 2.98. The number of hydrogen-bond acceptors (Lipinski definition) is 4. The molecule has 0 spiro atoms. The molecule has 1 aliphatic heterocycles. The fourth-order valence-electron chi connectivity index (χ4n) is 2.12. The van der Waals surface area contributed by atoms with Crippen molar-refractivity contribution < 1.29 is 9.84 Å². The second-order valence-corrected chi connectivity index (χ2v) is 4.37. The number of phenolic OH excluding ortho intramolecular Hbond substituents is 1. The van der Waals surface area contributed by atoms with E-state index in [1.807, 2.05) is 10.9 Å². The molecule has 0 bridgehead atoms. The number of aromatic hydroxyl groups is 1. The van der Waals surface area contributed by atoms with Crippen molar-refractivity contribution >= 4 is 0 Å². The van der Waals surface area contributed by atoms with Gasteiger partial charge < -0.3 is 9.84 Å². The largest absolute Gasteiger partial charge is 0.508 e. The fourth-order valence-corrected chi connectivity index (χ4v) is 2.12. The van der Waals surface area contributed by atoms with Crippen LogP contribution in [-0.4, -0.2) is 21.4 Å². The van der Waals surface area contributed by atoms with Gasteiger partial charge in [0.05, 0.1) is 12.4 Å². The number of nitrogens with one attached hydrogen (secondary N) is 1. The Morgan fingerprint density at radius 2 is 2.33 bits per heavy atom. The van der Waals surface area contributed by atoms with Crippen molar-refractivity contribution in [1.29, 1.82) is 0 Å². The summed E-state index contributed by atoms with van der Waals surface area (Å²) in [6.07, 6.45) is 6.09. The predicted molar refractivity (Wildman–Crippen MR) is 66.7 cm³/mol. The van der Waals surface area contributed by atoms with E-state index >= 15 is 0 Å². The number of ether oxygens (including phenoxy) is 1. The number of nitrogens with zero attached hydrogens (tertiary/aromatic N) is 2. The summed E-state index contributed by atoms with van der Waals surface area (Å²) in [7, 11) is 0. The van der Waals surface area contributed by atoms with Gasteiger partial charge in [-0.15, -0.1) is 0 Å². The molecule has 1 aromatic heterocycles. The number of benzene rings is 1. The van der Waals surface area contributed by atoms with E-state index in [0.29, 0.717) is 11.5 Å². The molecule has 0 aliphatic carbocycles. The summed E-state index contributed by atoms with van der Waals surface area (Å²) in [5.74, 6) is 1.47. The summed E-state index contributed by atoms with van der Waals surface area (Å²) in [5.41, 5.74) is 0. The van der Waals surface area contributed by atoms with Gasteiger partial charge in [0.1, 0.15) is 17.7 Å². The highest BCUT2D eigenvalue weighted by Gasteiger charge is 2.16. The molecule has 1 aliphatic rings. The normalized spacial score (nSPS) is 19.0. The average molecular weight is 245 g/mol. The van der Waals surface area contributed by atoms with E-state index in [-0.39, 0.29) is 11.9 Å². The van der Waals surface area contributed by atoms with Crippen LogP contribution in [0.5, 0.6) is 17.2 Å². The molecule has 1 unspecified atom stereocenters. The third kappa shape index (κ3) is 2.31. The van der Waals surface area contributed by atoms with E-state index in [1.54, 1.807) is 30.5 Å². The molecule has 0 saturated carbocycles. The third-order valence-corrected chi connectivity index (χ3v) is 2.98. The van der Waals surface area contributed by atoms with Crippen molar-refractivity contribution in [3.8, 4) is 17.2 Å². The van der Waals surface area contributed by atoms with Crippen LogP contribution in [0.2, 0.25) is 0 Å². The minimum atomic E-state index is 0.192. The van der Waals surface area contributed by atoms with Gasteiger partial charge in [-0.1, -0.05) is 6.07 Å². The molecule has 2 heterocycles. The van der Waals surface area contributed by atoms with E-state index in [4.69, 9.17) is 4.74 Å².